The zero-order valence-electron chi connectivity index (χ0n) is 17.5. The smallest absolute Gasteiger partial charge is 0.305 e. The largest absolute Gasteiger partial charge is 0.481 e. The van der Waals surface area contributed by atoms with E-state index in [1.807, 2.05) is 12.1 Å². The molecule has 1 heterocycles. The van der Waals surface area contributed by atoms with Crippen molar-refractivity contribution in [3.8, 4) is 0 Å². The molecule has 2 unspecified atom stereocenters. The predicted molar refractivity (Wildman–Crippen MR) is 116 cm³/mol. The maximum atomic E-state index is 12.4. The van der Waals surface area contributed by atoms with Crippen LogP contribution in [0.1, 0.15) is 45.1 Å². The third kappa shape index (κ3) is 8.45. The Morgan fingerprint density at radius 1 is 1.26 bits per heavy atom. The molecule has 0 saturated carbocycles. The van der Waals surface area contributed by atoms with Crippen molar-refractivity contribution in [1.82, 2.24) is 10.2 Å². The highest BCUT2D eigenvalue weighted by atomic mass is 35.5. The van der Waals surface area contributed by atoms with E-state index in [2.05, 4.69) is 12.2 Å². The van der Waals surface area contributed by atoms with Gasteiger partial charge in [0.05, 0.1) is 16.5 Å². The Hall–Kier alpha value is -2.19. The van der Waals surface area contributed by atoms with Gasteiger partial charge in [-0.15, -0.1) is 0 Å². The second-order valence-corrected chi connectivity index (χ2v) is 7.83. The van der Waals surface area contributed by atoms with Crippen LogP contribution in [-0.2, 0) is 25.6 Å². The van der Waals surface area contributed by atoms with E-state index in [9.17, 15) is 23.6 Å². The number of hydrogen-bond donors (Lipinski definition) is 2. The van der Waals surface area contributed by atoms with Gasteiger partial charge in [-0.3, -0.25) is 19.2 Å². The Balaban J connectivity index is 0.000000399. The normalized spacial score (nSPS) is 16.5. The maximum absolute atomic E-state index is 12.4. The van der Waals surface area contributed by atoms with Crippen LogP contribution in [0.15, 0.2) is 18.2 Å². The zero-order chi connectivity index (χ0) is 23.6. The second-order valence-electron chi connectivity index (χ2n) is 7.05. The molecule has 0 aliphatic carbocycles. The molecule has 172 valence electrons. The molecule has 1 fully saturated rings. The third-order valence-electron chi connectivity index (χ3n) is 4.84. The number of aliphatic carboxylic acids is 1. The van der Waals surface area contributed by atoms with Crippen molar-refractivity contribution in [3.05, 3.63) is 33.8 Å². The van der Waals surface area contributed by atoms with Crippen molar-refractivity contribution in [1.29, 1.82) is 0 Å². The van der Waals surface area contributed by atoms with E-state index in [1.165, 1.54) is 11.8 Å². The minimum atomic E-state index is -1.41. The Labute approximate surface area is 190 Å². The molecular weight excluding hydrogens is 450 g/mol. The van der Waals surface area contributed by atoms with Gasteiger partial charge in [0.25, 0.3) is 0 Å². The second kappa shape index (κ2) is 13.3. The Bertz CT molecular complexity index is 806. The number of alkyl halides is 1. The number of Topliss-reactive ketones (excluding diaryl/α,β-unsaturated/α-hetero) is 1. The maximum Gasteiger partial charge on any atom is 0.305 e. The topological polar surface area (TPSA) is 104 Å². The number of carbonyl (C=O) groups excluding carboxylic acids is 3. The van der Waals surface area contributed by atoms with Crippen LogP contribution >= 0.6 is 23.2 Å². The summed E-state index contributed by atoms with van der Waals surface area (Å²) in [5.74, 6) is -3.18. The van der Waals surface area contributed by atoms with E-state index >= 15 is 0 Å². The van der Waals surface area contributed by atoms with Crippen molar-refractivity contribution in [3.63, 3.8) is 0 Å². The van der Waals surface area contributed by atoms with E-state index in [1.54, 1.807) is 6.07 Å². The number of nitrogens with one attached hydrogen (secondary N) is 1. The van der Waals surface area contributed by atoms with Crippen molar-refractivity contribution in [2.24, 2.45) is 0 Å². The standard InChI is InChI=1S/C13H19FN2O5.C8H8Cl2/c1-8(17)16-5-3-2-4-10(16)13(21)15-9(6-12(19)20)11(18)7-14;1-2-6-4-3-5-7(9)8(6)10/h9-10H,2-7H2,1H3,(H,15,21)(H,19,20);3-5H,2H2,1H3. The van der Waals surface area contributed by atoms with Crippen LogP contribution in [0.2, 0.25) is 10.0 Å². The third-order valence-corrected chi connectivity index (χ3v) is 5.70. The van der Waals surface area contributed by atoms with Crippen LogP contribution < -0.4 is 5.32 Å². The van der Waals surface area contributed by atoms with Crippen molar-refractivity contribution in [2.75, 3.05) is 13.2 Å². The number of halogens is 3. The van der Waals surface area contributed by atoms with Gasteiger partial charge in [-0.25, -0.2) is 4.39 Å². The van der Waals surface area contributed by atoms with Crippen molar-refractivity contribution in [2.45, 2.75) is 58.0 Å². The minimum Gasteiger partial charge on any atom is -0.481 e. The highest BCUT2D eigenvalue weighted by molar-refractivity contribution is 6.42. The lowest BCUT2D eigenvalue weighted by molar-refractivity contribution is -0.143. The molecule has 7 nitrogen and oxygen atoms in total. The van der Waals surface area contributed by atoms with E-state index in [0.717, 1.165) is 24.8 Å². The monoisotopic (exact) mass is 476 g/mol. The number of carboxylic acids is 1. The molecule has 0 radical (unpaired) electrons. The first-order chi connectivity index (χ1) is 14.6. The number of carboxylic acid groups (broad SMARTS) is 1. The van der Waals surface area contributed by atoms with Gasteiger partial charge in [-0.2, -0.15) is 0 Å². The molecular formula is C21H27Cl2FN2O5. The molecule has 0 bridgehead atoms. The summed E-state index contributed by atoms with van der Waals surface area (Å²) in [5.41, 5.74) is 1.11. The number of carbonyl (C=O) groups is 4. The van der Waals surface area contributed by atoms with Crippen molar-refractivity contribution >= 4 is 46.8 Å². The number of ketones is 1. The SMILES string of the molecule is CC(=O)N1CCCCC1C(=O)NC(CC(=O)O)C(=O)CF.CCc1cccc(Cl)c1Cl. The van der Waals surface area contributed by atoms with Crippen LogP contribution in [-0.4, -0.2) is 58.9 Å². The van der Waals surface area contributed by atoms with Crippen LogP contribution in [0.5, 0.6) is 0 Å². The number of aryl methyl sites for hydroxylation is 1. The van der Waals surface area contributed by atoms with Gasteiger partial charge in [-0.05, 0) is 37.3 Å². The minimum absolute atomic E-state index is 0.263. The summed E-state index contributed by atoms with van der Waals surface area (Å²) in [4.78, 5) is 47.0. The Morgan fingerprint density at radius 2 is 1.94 bits per heavy atom. The fourth-order valence-corrected chi connectivity index (χ4v) is 3.64. The summed E-state index contributed by atoms with van der Waals surface area (Å²) < 4.78 is 12.4. The van der Waals surface area contributed by atoms with Gasteiger partial charge in [0, 0.05) is 13.5 Å². The number of piperidine rings is 1. The van der Waals surface area contributed by atoms with Crippen LogP contribution in [0, 0.1) is 0 Å². The van der Waals surface area contributed by atoms with Gasteiger partial charge < -0.3 is 15.3 Å². The summed E-state index contributed by atoms with van der Waals surface area (Å²) in [6.07, 6.45) is 2.23. The first kappa shape index (κ1) is 26.8. The number of rotatable bonds is 7. The lowest BCUT2D eigenvalue weighted by Crippen LogP contribution is -2.55. The number of amides is 2. The van der Waals surface area contributed by atoms with E-state index < -0.39 is 42.8 Å². The lowest BCUT2D eigenvalue weighted by atomic mass is 10.0. The summed E-state index contributed by atoms with van der Waals surface area (Å²) in [7, 11) is 0. The summed E-state index contributed by atoms with van der Waals surface area (Å²) in [6, 6.07) is 3.54. The van der Waals surface area contributed by atoms with Crippen molar-refractivity contribution < 1.29 is 28.7 Å². The molecule has 2 atom stereocenters. The fourth-order valence-electron chi connectivity index (χ4n) is 3.18. The fraction of sp³-hybridized carbons (Fsp3) is 0.524. The van der Waals surface area contributed by atoms with Gasteiger partial charge in [-0.1, -0.05) is 42.3 Å². The molecule has 1 aliphatic heterocycles. The predicted octanol–water partition coefficient (Wildman–Crippen LogP) is 3.44. The molecule has 10 heteroatoms. The van der Waals surface area contributed by atoms with Crippen LogP contribution in [0.4, 0.5) is 4.39 Å². The Kier molecular flexibility index (Phi) is 11.5. The summed E-state index contributed by atoms with van der Waals surface area (Å²) in [6.45, 7) is 2.48. The van der Waals surface area contributed by atoms with Gasteiger partial charge in [0.2, 0.25) is 11.8 Å². The van der Waals surface area contributed by atoms with E-state index in [0.29, 0.717) is 23.0 Å². The highest BCUT2D eigenvalue weighted by Crippen LogP contribution is 2.25. The van der Waals surface area contributed by atoms with E-state index in [-0.39, 0.29) is 5.91 Å². The van der Waals surface area contributed by atoms with Gasteiger partial charge in [0.1, 0.15) is 18.8 Å². The molecule has 1 aromatic carbocycles. The first-order valence-electron chi connectivity index (χ1n) is 9.93. The molecule has 1 saturated heterocycles. The highest BCUT2D eigenvalue weighted by Gasteiger charge is 2.33. The van der Waals surface area contributed by atoms with Gasteiger partial charge >= 0.3 is 5.97 Å². The molecule has 0 aromatic heterocycles. The number of hydrogen-bond acceptors (Lipinski definition) is 4. The average molecular weight is 477 g/mol. The average Bonchev–Trinajstić information content (AvgIpc) is 2.74. The number of likely N-dealkylation sites (tertiary alicyclic amines) is 1. The Morgan fingerprint density at radius 3 is 2.45 bits per heavy atom. The molecule has 2 amide bonds. The quantitative estimate of drug-likeness (QED) is 0.626. The van der Waals surface area contributed by atoms with Gasteiger partial charge in [0.15, 0.2) is 5.78 Å². The summed E-state index contributed by atoms with van der Waals surface area (Å²) >= 11 is 11.6. The van der Waals surface area contributed by atoms with E-state index in [4.69, 9.17) is 28.3 Å². The number of nitrogens with zero attached hydrogens (tertiary/aromatic N) is 1. The van der Waals surface area contributed by atoms with Crippen LogP contribution in [0.25, 0.3) is 0 Å². The zero-order valence-corrected chi connectivity index (χ0v) is 19.0. The first-order valence-corrected chi connectivity index (χ1v) is 10.7. The summed E-state index contributed by atoms with van der Waals surface area (Å²) in [5, 5.41) is 12.3. The molecule has 1 aliphatic rings. The molecule has 31 heavy (non-hydrogen) atoms. The molecule has 1 aromatic rings. The number of benzene rings is 1. The molecule has 2 rings (SSSR count). The van der Waals surface area contributed by atoms with Crippen LogP contribution in [0.3, 0.4) is 0 Å². The molecule has 2 N–H and O–H groups in total. The lowest BCUT2D eigenvalue weighted by Gasteiger charge is -2.34. The molecule has 0 spiro atoms.